The Balaban J connectivity index is 1.76. The van der Waals surface area contributed by atoms with Gasteiger partial charge in [0.1, 0.15) is 11.6 Å². The molecule has 34 heavy (non-hydrogen) atoms. The predicted octanol–water partition coefficient (Wildman–Crippen LogP) is 2.44. The first-order chi connectivity index (χ1) is 16.3. The molecular weight excluding hydrogens is 436 g/mol. The minimum absolute atomic E-state index is 0.0639. The van der Waals surface area contributed by atoms with Gasteiger partial charge in [-0.25, -0.2) is 0 Å². The monoisotopic (exact) mass is 470 g/mol. The molecule has 5 atom stereocenters. The Kier molecular flexibility index (Phi) is 6.82. The lowest BCUT2D eigenvalue weighted by Gasteiger charge is -2.37. The van der Waals surface area contributed by atoms with Crippen molar-refractivity contribution in [3.63, 3.8) is 0 Å². The Bertz CT molecular complexity index is 973. The first-order valence-electron chi connectivity index (χ1n) is 12.1. The van der Waals surface area contributed by atoms with E-state index in [2.05, 4.69) is 6.58 Å². The highest BCUT2D eigenvalue weighted by atomic mass is 16.5. The second-order valence-electron chi connectivity index (χ2n) is 9.69. The van der Waals surface area contributed by atoms with E-state index in [0.29, 0.717) is 38.6 Å². The molecule has 8 nitrogen and oxygen atoms in total. The van der Waals surface area contributed by atoms with E-state index in [0.717, 1.165) is 16.8 Å². The van der Waals surface area contributed by atoms with Gasteiger partial charge in [0.2, 0.25) is 5.91 Å². The van der Waals surface area contributed by atoms with Gasteiger partial charge in [0.05, 0.1) is 17.9 Å². The largest absolute Gasteiger partial charge is 0.481 e. The third kappa shape index (κ3) is 3.73. The van der Waals surface area contributed by atoms with Crippen LogP contribution in [0.2, 0.25) is 0 Å². The standard InChI is InChI=1S/C26H34N2O6/c1-4-13-27(21-16(2)9-8-10-17(21)3)24(31)22-26-12-11-18(34-26)19(25(32)33)20(26)23(30)28(22)14-6-5-7-15-29/h4,8-10,18-20,22,29H,1,5-7,11-15H2,2-3H3,(H,32,33)/t18-,19+,20+,22-,26+/m0/s1. The van der Waals surface area contributed by atoms with Crippen molar-refractivity contribution in [2.75, 3.05) is 24.6 Å². The molecule has 0 aliphatic carbocycles. The fraction of sp³-hybridized carbons (Fsp3) is 0.577. The molecule has 184 valence electrons. The van der Waals surface area contributed by atoms with Crippen LogP contribution in [0.15, 0.2) is 30.9 Å². The molecule has 3 heterocycles. The maximum atomic E-state index is 14.3. The second kappa shape index (κ2) is 9.50. The number of aryl methyl sites for hydroxylation is 2. The van der Waals surface area contributed by atoms with Crippen LogP contribution in [0.1, 0.15) is 43.2 Å². The number of hydrogen-bond acceptors (Lipinski definition) is 5. The third-order valence-electron chi connectivity index (χ3n) is 7.66. The third-order valence-corrected chi connectivity index (χ3v) is 7.66. The normalized spacial score (nSPS) is 29.4. The van der Waals surface area contributed by atoms with Crippen LogP contribution in [0, 0.1) is 25.7 Å². The highest BCUT2D eigenvalue weighted by Crippen LogP contribution is 2.58. The van der Waals surface area contributed by atoms with Crippen LogP contribution in [0.5, 0.6) is 0 Å². The summed E-state index contributed by atoms with van der Waals surface area (Å²) in [5.41, 5.74) is 1.52. The van der Waals surface area contributed by atoms with Crippen molar-refractivity contribution in [3.05, 3.63) is 42.0 Å². The average molecular weight is 471 g/mol. The van der Waals surface area contributed by atoms with Crippen molar-refractivity contribution < 1.29 is 29.3 Å². The summed E-state index contributed by atoms with van der Waals surface area (Å²) >= 11 is 0. The molecular formula is C26H34N2O6. The topological polar surface area (TPSA) is 107 Å². The minimum Gasteiger partial charge on any atom is -0.481 e. The number of para-hydroxylation sites is 1. The van der Waals surface area contributed by atoms with E-state index >= 15 is 0 Å². The van der Waals surface area contributed by atoms with Crippen molar-refractivity contribution in [1.29, 1.82) is 0 Å². The van der Waals surface area contributed by atoms with E-state index in [1.54, 1.807) is 15.9 Å². The lowest BCUT2D eigenvalue weighted by Crippen LogP contribution is -2.56. The van der Waals surface area contributed by atoms with E-state index in [-0.39, 0.29) is 25.0 Å². The molecule has 3 fully saturated rings. The van der Waals surface area contributed by atoms with E-state index in [9.17, 15) is 19.5 Å². The number of benzene rings is 1. The van der Waals surface area contributed by atoms with Crippen LogP contribution in [-0.4, -0.2) is 70.3 Å². The van der Waals surface area contributed by atoms with E-state index < -0.39 is 35.6 Å². The quantitative estimate of drug-likeness (QED) is 0.402. The number of nitrogens with zero attached hydrogens (tertiary/aromatic N) is 2. The van der Waals surface area contributed by atoms with Crippen LogP contribution < -0.4 is 4.90 Å². The average Bonchev–Trinajstić information content (AvgIpc) is 3.43. The molecule has 2 N–H and O–H groups in total. The number of unbranched alkanes of at least 4 members (excludes halogenated alkanes) is 2. The molecule has 0 saturated carbocycles. The Morgan fingerprint density at radius 2 is 1.97 bits per heavy atom. The molecule has 2 amide bonds. The highest BCUT2D eigenvalue weighted by Gasteiger charge is 2.74. The van der Waals surface area contributed by atoms with Gasteiger partial charge in [-0.15, -0.1) is 6.58 Å². The number of likely N-dealkylation sites (tertiary alicyclic amines) is 1. The second-order valence-corrected chi connectivity index (χ2v) is 9.69. The number of aliphatic hydroxyl groups excluding tert-OH is 1. The summed E-state index contributed by atoms with van der Waals surface area (Å²) in [4.78, 5) is 43.3. The van der Waals surface area contributed by atoms with Crippen molar-refractivity contribution in [1.82, 2.24) is 4.90 Å². The van der Waals surface area contributed by atoms with Gasteiger partial charge in [0.25, 0.3) is 5.91 Å². The number of aliphatic carboxylic acids is 1. The van der Waals surface area contributed by atoms with Gasteiger partial charge in [-0.1, -0.05) is 24.3 Å². The lowest BCUT2D eigenvalue weighted by molar-refractivity contribution is -0.149. The SMILES string of the molecule is C=CCN(C(=O)[C@@H]1N(CCCCCO)C(=O)[C@H]2[C@H](C(=O)O)[C@@H]3CC[C@]12O3)c1c(C)cccc1C. The minimum atomic E-state index is -1.13. The van der Waals surface area contributed by atoms with E-state index in [1.165, 1.54) is 0 Å². The number of fused-ring (bicyclic) bond motifs is 1. The Hall–Kier alpha value is -2.71. The number of rotatable bonds is 10. The number of carboxylic acid groups (broad SMARTS) is 1. The number of aliphatic hydroxyl groups is 1. The molecule has 0 aromatic heterocycles. The van der Waals surface area contributed by atoms with Gasteiger partial charge in [0, 0.05) is 25.4 Å². The number of amides is 2. The first-order valence-corrected chi connectivity index (χ1v) is 12.1. The van der Waals surface area contributed by atoms with Crippen molar-refractivity contribution in [3.8, 4) is 0 Å². The molecule has 0 radical (unpaired) electrons. The first kappa shape index (κ1) is 24.4. The van der Waals surface area contributed by atoms with Gasteiger partial charge in [-0.05, 0) is 57.1 Å². The maximum Gasteiger partial charge on any atom is 0.310 e. The van der Waals surface area contributed by atoms with Crippen LogP contribution in [0.25, 0.3) is 0 Å². The molecule has 2 bridgehead atoms. The molecule has 3 aliphatic rings. The van der Waals surface area contributed by atoms with Gasteiger partial charge in [0.15, 0.2) is 0 Å². The van der Waals surface area contributed by atoms with E-state index in [1.807, 2.05) is 32.0 Å². The molecule has 1 aromatic rings. The molecule has 0 unspecified atom stereocenters. The number of carbonyl (C=O) groups excluding carboxylic acids is 2. The summed E-state index contributed by atoms with van der Waals surface area (Å²) < 4.78 is 6.29. The predicted molar refractivity (Wildman–Crippen MR) is 126 cm³/mol. The molecule has 1 spiro atoms. The Morgan fingerprint density at radius 3 is 2.59 bits per heavy atom. The van der Waals surface area contributed by atoms with Crippen LogP contribution in [0.4, 0.5) is 5.69 Å². The summed E-state index contributed by atoms with van der Waals surface area (Å²) in [6, 6.07) is 4.92. The Labute approximate surface area is 200 Å². The van der Waals surface area contributed by atoms with Crippen LogP contribution in [-0.2, 0) is 19.1 Å². The smallest absolute Gasteiger partial charge is 0.310 e. The Morgan fingerprint density at radius 1 is 1.26 bits per heavy atom. The highest BCUT2D eigenvalue weighted by molar-refractivity contribution is 6.05. The van der Waals surface area contributed by atoms with Crippen molar-refractivity contribution in [2.45, 2.75) is 63.7 Å². The number of carboxylic acids is 1. The number of anilines is 1. The van der Waals surface area contributed by atoms with Crippen LogP contribution in [0.3, 0.4) is 0 Å². The summed E-state index contributed by atoms with van der Waals surface area (Å²) in [5.74, 6) is -3.42. The van der Waals surface area contributed by atoms with Gasteiger partial charge < -0.3 is 24.7 Å². The summed E-state index contributed by atoms with van der Waals surface area (Å²) in [6.45, 7) is 8.37. The molecule has 8 heteroatoms. The van der Waals surface area contributed by atoms with Gasteiger partial charge in [-0.2, -0.15) is 0 Å². The van der Waals surface area contributed by atoms with E-state index in [4.69, 9.17) is 9.84 Å². The summed E-state index contributed by atoms with van der Waals surface area (Å²) in [5, 5.41) is 19.0. The van der Waals surface area contributed by atoms with Crippen LogP contribution >= 0.6 is 0 Å². The number of ether oxygens (including phenoxy) is 1. The van der Waals surface area contributed by atoms with Gasteiger partial charge in [-0.3, -0.25) is 14.4 Å². The fourth-order valence-electron chi connectivity index (χ4n) is 6.32. The molecule has 3 aliphatic heterocycles. The molecule has 1 aromatic carbocycles. The molecule has 3 saturated heterocycles. The number of hydrogen-bond donors (Lipinski definition) is 2. The zero-order valence-corrected chi connectivity index (χ0v) is 19.9. The van der Waals surface area contributed by atoms with Crippen molar-refractivity contribution in [2.24, 2.45) is 11.8 Å². The molecule has 4 rings (SSSR count). The van der Waals surface area contributed by atoms with Crippen molar-refractivity contribution >= 4 is 23.5 Å². The zero-order valence-electron chi connectivity index (χ0n) is 19.9. The summed E-state index contributed by atoms with van der Waals surface area (Å²) in [6.07, 6.45) is 4.05. The lowest BCUT2D eigenvalue weighted by atomic mass is 9.70. The number of carbonyl (C=O) groups is 3. The summed E-state index contributed by atoms with van der Waals surface area (Å²) in [7, 11) is 0. The fourth-order valence-corrected chi connectivity index (χ4v) is 6.32. The van der Waals surface area contributed by atoms with Gasteiger partial charge >= 0.3 is 5.97 Å². The zero-order chi connectivity index (χ0) is 24.6. The maximum absolute atomic E-state index is 14.3.